The quantitative estimate of drug-likeness (QED) is 0.769. The van der Waals surface area contributed by atoms with Gasteiger partial charge in [-0.2, -0.15) is 5.10 Å². The van der Waals surface area contributed by atoms with E-state index in [1.54, 1.807) is 13.1 Å². The maximum atomic E-state index is 13.3. The number of ketones is 1. The number of rotatable bonds is 2. The number of carbonyl (C=O) groups is 1. The molecular formula is C11H7Br2FN2O. The zero-order valence-electron chi connectivity index (χ0n) is 8.75. The third kappa shape index (κ3) is 2.19. The SMILES string of the molecule is Cn1ncc(Br)c1C(=O)c1cccc(F)c1Br. The summed E-state index contributed by atoms with van der Waals surface area (Å²) in [6.07, 6.45) is 1.53. The van der Waals surface area contributed by atoms with Crippen molar-refractivity contribution in [2.24, 2.45) is 7.05 Å². The van der Waals surface area contributed by atoms with Crippen LogP contribution in [0.3, 0.4) is 0 Å². The Kier molecular flexibility index (Phi) is 3.44. The van der Waals surface area contributed by atoms with Crippen LogP contribution >= 0.6 is 31.9 Å². The van der Waals surface area contributed by atoms with Crippen LogP contribution in [-0.4, -0.2) is 15.6 Å². The molecule has 0 bridgehead atoms. The van der Waals surface area contributed by atoms with Crippen LogP contribution in [0.15, 0.2) is 33.3 Å². The summed E-state index contributed by atoms with van der Waals surface area (Å²) >= 11 is 6.32. The maximum Gasteiger partial charge on any atom is 0.213 e. The third-order valence-corrected chi connectivity index (χ3v) is 3.69. The van der Waals surface area contributed by atoms with Gasteiger partial charge in [0.2, 0.25) is 5.78 Å². The van der Waals surface area contributed by atoms with Gasteiger partial charge in [0.1, 0.15) is 11.5 Å². The Labute approximate surface area is 114 Å². The average molecular weight is 362 g/mol. The molecule has 0 fully saturated rings. The minimum absolute atomic E-state index is 0.165. The summed E-state index contributed by atoms with van der Waals surface area (Å²) in [4.78, 5) is 12.2. The van der Waals surface area contributed by atoms with Crippen molar-refractivity contribution < 1.29 is 9.18 Å². The first-order valence-electron chi connectivity index (χ1n) is 4.68. The number of halogens is 3. The summed E-state index contributed by atoms with van der Waals surface area (Å²) in [7, 11) is 1.66. The van der Waals surface area contributed by atoms with E-state index >= 15 is 0 Å². The van der Waals surface area contributed by atoms with Crippen molar-refractivity contribution in [1.82, 2.24) is 9.78 Å². The van der Waals surface area contributed by atoms with E-state index in [0.717, 1.165) is 0 Å². The topological polar surface area (TPSA) is 34.9 Å². The Balaban J connectivity index is 2.55. The van der Waals surface area contributed by atoms with Gasteiger partial charge < -0.3 is 0 Å². The second-order valence-electron chi connectivity index (χ2n) is 3.40. The molecule has 2 rings (SSSR count). The van der Waals surface area contributed by atoms with Crippen LogP contribution in [0, 0.1) is 5.82 Å². The van der Waals surface area contributed by atoms with Crippen LogP contribution in [0.2, 0.25) is 0 Å². The summed E-state index contributed by atoms with van der Waals surface area (Å²) in [5.41, 5.74) is 0.658. The fourth-order valence-electron chi connectivity index (χ4n) is 1.47. The minimum atomic E-state index is -0.464. The van der Waals surface area contributed by atoms with Gasteiger partial charge in [-0.05, 0) is 44.0 Å². The molecule has 0 saturated carbocycles. The molecule has 0 N–H and O–H groups in total. The number of nitrogens with zero attached hydrogens (tertiary/aromatic N) is 2. The molecule has 0 aliphatic heterocycles. The number of carbonyl (C=O) groups excluding carboxylic acids is 1. The number of hydrogen-bond acceptors (Lipinski definition) is 2. The Morgan fingerprint density at radius 1 is 1.41 bits per heavy atom. The maximum absolute atomic E-state index is 13.3. The standard InChI is InChI=1S/C11H7Br2FN2O/c1-16-10(7(12)5-15-16)11(17)6-3-2-4-8(14)9(6)13/h2-5H,1H3. The summed E-state index contributed by atoms with van der Waals surface area (Å²) < 4.78 is 15.5. The number of aryl methyl sites for hydroxylation is 1. The van der Waals surface area contributed by atoms with Gasteiger partial charge in [-0.15, -0.1) is 0 Å². The second kappa shape index (κ2) is 4.70. The molecule has 88 valence electrons. The molecule has 1 heterocycles. The van der Waals surface area contributed by atoms with E-state index in [-0.39, 0.29) is 15.8 Å². The lowest BCUT2D eigenvalue weighted by Crippen LogP contribution is -2.10. The molecule has 0 atom stereocenters. The summed E-state index contributed by atoms with van der Waals surface area (Å²) in [6, 6.07) is 4.35. The fourth-order valence-corrected chi connectivity index (χ4v) is 2.45. The van der Waals surface area contributed by atoms with Crippen molar-refractivity contribution in [2.75, 3.05) is 0 Å². The first-order chi connectivity index (χ1) is 8.02. The van der Waals surface area contributed by atoms with Crippen molar-refractivity contribution in [3.8, 4) is 0 Å². The second-order valence-corrected chi connectivity index (χ2v) is 5.04. The number of benzene rings is 1. The predicted molar refractivity (Wildman–Crippen MR) is 68.4 cm³/mol. The van der Waals surface area contributed by atoms with E-state index in [9.17, 15) is 9.18 Å². The van der Waals surface area contributed by atoms with Crippen LogP contribution in [0.1, 0.15) is 16.1 Å². The average Bonchev–Trinajstić information content (AvgIpc) is 2.62. The molecule has 0 aliphatic carbocycles. The highest BCUT2D eigenvalue weighted by Gasteiger charge is 2.20. The fraction of sp³-hybridized carbons (Fsp3) is 0.0909. The van der Waals surface area contributed by atoms with Crippen LogP contribution in [0.5, 0.6) is 0 Å². The molecule has 3 nitrogen and oxygen atoms in total. The largest absolute Gasteiger partial charge is 0.287 e. The minimum Gasteiger partial charge on any atom is -0.287 e. The van der Waals surface area contributed by atoms with Crippen molar-refractivity contribution in [3.63, 3.8) is 0 Å². The first kappa shape index (κ1) is 12.4. The van der Waals surface area contributed by atoms with Crippen molar-refractivity contribution >= 4 is 37.6 Å². The van der Waals surface area contributed by atoms with E-state index < -0.39 is 5.82 Å². The molecule has 0 aliphatic rings. The Morgan fingerprint density at radius 2 is 2.12 bits per heavy atom. The Morgan fingerprint density at radius 3 is 2.71 bits per heavy atom. The van der Waals surface area contributed by atoms with Gasteiger partial charge in [0.05, 0.1) is 15.1 Å². The molecule has 0 saturated heterocycles. The molecule has 1 aromatic heterocycles. The lowest BCUT2D eigenvalue weighted by atomic mass is 10.1. The predicted octanol–water partition coefficient (Wildman–Crippen LogP) is 3.32. The zero-order valence-corrected chi connectivity index (χ0v) is 11.9. The molecule has 0 spiro atoms. The summed E-state index contributed by atoms with van der Waals surface area (Å²) in [6.45, 7) is 0. The van der Waals surface area contributed by atoms with Gasteiger partial charge in [0, 0.05) is 12.6 Å². The highest BCUT2D eigenvalue weighted by molar-refractivity contribution is 9.11. The van der Waals surface area contributed by atoms with Gasteiger partial charge in [-0.3, -0.25) is 9.48 Å². The normalized spacial score (nSPS) is 10.6. The van der Waals surface area contributed by atoms with Gasteiger partial charge >= 0.3 is 0 Å². The number of hydrogen-bond donors (Lipinski definition) is 0. The van der Waals surface area contributed by atoms with E-state index in [2.05, 4.69) is 37.0 Å². The van der Waals surface area contributed by atoms with Crippen LogP contribution in [0.25, 0.3) is 0 Å². The van der Waals surface area contributed by atoms with E-state index in [0.29, 0.717) is 10.2 Å². The van der Waals surface area contributed by atoms with E-state index in [1.165, 1.54) is 23.0 Å². The summed E-state index contributed by atoms with van der Waals surface area (Å²) in [5, 5.41) is 3.95. The molecule has 6 heteroatoms. The van der Waals surface area contributed by atoms with Gasteiger partial charge in [-0.1, -0.05) is 6.07 Å². The third-order valence-electron chi connectivity index (χ3n) is 2.31. The highest BCUT2D eigenvalue weighted by Crippen LogP contribution is 2.25. The van der Waals surface area contributed by atoms with Crippen LogP contribution in [-0.2, 0) is 7.05 Å². The molecular weight excluding hydrogens is 355 g/mol. The smallest absolute Gasteiger partial charge is 0.213 e. The lowest BCUT2D eigenvalue weighted by molar-refractivity contribution is 0.102. The van der Waals surface area contributed by atoms with E-state index in [1.807, 2.05) is 0 Å². The van der Waals surface area contributed by atoms with Crippen LogP contribution < -0.4 is 0 Å². The Bertz CT molecular complexity index is 576. The Hall–Kier alpha value is -1.01. The van der Waals surface area contributed by atoms with Crippen molar-refractivity contribution in [3.05, 3.63) is 50.4 Å². The number of aromatic nitrogens is 2. The van der Waals surface area contributed by atoms with Crippen molar-refractivity contribution in [1.29, 1.82) is 0 Å². The molecule has 0 unspecified atom stereocenters. The molecule has 17 heavy (non-hydrogen) atoms. The molecule has 0 amide bonds. The highest BCUT2D eigenvalue weighted by atomic mass is 79.9. The molecule has 0 radical (unpaired) electrons. The monoisotopic (exact) mass is 360 g/mol. The summed E-state index contributed by atoms with van der Waals surface area (Å²) in [5.74, 6) is -0.752. The van der Waals surface area contributed by atoms with Crippen molar-refractivity contribution in [2.45, 2.75) is 0 Å². The van der Waals surface area contributed by atoms with Gasteiger partial charge in [-0.25, -0.2) is 4.39 Å². The molecule has 2 aromatic rings. The molecule has 1 aromatic carbocycles. The van der Waals surface area contributed by atoms with Gasteiger partial charge in [0.25, 0.3) is 0 Å². The first-order valence-corrected chi connectivity index (χ1v) is 6.27. The van der Waals surface area contributed by atoms with Gasteiger partial charge in [0.15, 0.2) is 0 Å². The van der Waals surface area contributed by atoms with E-state index in [4.69, 9.17) is 0 Å². The van der Waals surface area contributed by atoms with Crippen LogP contribution in [0.4, 0.5) is 4.39 Å². The zero-order chi connectivity index (χ0) is 12.6. The lowest BCUT2D eigenvalue weighted by Gasteiger charge is -2.05.